The first kappa shape index (κ1) is 15.8. The monoisotopic (exact) mass is 362 g/mol. The second-order valence-corrected chi connectivity index (χ2v) is 8.18. The summed E-state index contributed by atoms with van der Waals surface area (Å²) in [6.45, 7) is 4.34. The molecule has 28 heavy (non-hydrogen) atoms. The largest absolute Gasteiger partial charge is 0.348 e. The summed E-state index contributed by atoms with van der Waals surface area (Å²) in [5, 5.41) is 10.6. The van der Waals surface area contributed by atoms with E-state index in [0.717, 1.165) is 0 Å². The van der Waals surface area contributed by atoms with E-state index in [0.29, 0.717) is 0 Å². The number of hydrogen-bond donors (Lipinski definition) is 0. The van der Waals surface area contributed by atoms with Gasteiger partial charge in [-0.3, -0.25) is 0 Å². The molecule has 2 heterocycles. The van der Waals surface area contributed by atoms with E-state index < -0.39 is 0 Å². The standard InChI is InChI=1S/C26H22N2/c1-15-9-19-11-23-17(13-25(19)27(15)3)5-7-22-21(23)8-6-18-14-26-20(12-24(18)22)10-16(2)28(26)4/h5-14H,1-4H3. The lowest BCUT2D eigenvalue weighted by Crippen LogP contribution is -1.90. The molecule has 0 bridgehead atoms. The average Bonchev–Trinajstić information content (AvgIpc) is 3.13. The number of fused-ring (bicyclic) bond motifs is 7. The minimum atomic E-state index is 1.29. The molecule has 0 fully saturated rings. The van der Waals surface area contributed by atoms with E-state index in [1.807, 2.05) is 0 Å². The molecule has 6 aromatic rings. The molecule has 0 saturated heterocycles. The SMILES string of the molecule is Cc1cc2cc3c(ccc4c5cc6cc(C)n(C)c6cc5ccc34)cc2n1C. The molecule has 0 spiro atoms. The summed E-state index contributed by atoms with van der Waals surface area (Å²) in [5.41, 5.74) is 5.18. The third-order valence-electron chi connectivity index (χ3n) is 6.64. The molecule has 2 aromatic heterocycles. The van der Waals surface area contributed by atoms with E-state index in [4.69, 9.17) is 0 Å². The Bertz CT molecular complexity index is 1470. The van der Waals surface area contributed by atoms with Crippen LogP contribution in [0.3, 0.4) is 0 Å². The molecule has 6 rings (SSSR count). The minimum absolute atomic E-state index is 1.29. The van der Waals surface area contributed by atoms with Gasteiger partial charge in [0.1, 0.15) is 0 Å². The Hall–Kier alpha value is -3.26. The molecule has 0 radical (unpaired) electrons. The molecule has 2 heteroatoms. The minimum Gasteiger partial charge on any atom is -0.348 e. The summed E-state index contributed by atoms with van der Waals surface area (Å²) < 4.78 is 4.54. The summed E-state index contributed by atoms with van der Waals surface area (Å²) >= 11 is 0. The van der Waals surface area contributed by atoms with Gasteiger partial charge in [0, 0.05) is 47.3 Å². The van der Waals surface area contributed by atoms with Gasteiger partial charge in [-0.2, -0.15) is 0 Å². The zero-order valence-electron chi connectivity index (χ0n) is 16.7. The van der Waals surface area contributed by atoms with E-state index >= 15 is 0 Å². The quantitative estimate of drug-likeness (QED) is 0.265. The van der Waals surface area contributed by atoms with Gasteiger partial charge < -0.3 is 9.13 Å². The first-order valence-electron chi connectivity index (χ1n) is 9.82. The third-order valence-corrected chi connectivity index (χ3v) is 6.64. The van der Waals surface area contributed by atoms with Gasteiger partial charge in [0.25, 0.3) is 0 Å². The van der Waals surface area contributed by atoms with Gasteiger partial charge in [0.2, 0.25) is 0 Å². The van der Waals surface area contributed by atoms with Crippen LogP contribution in [-0.4, -0.2) is 9.13 Å². The zero-order chi connectivity index (χ0) is 19.2. The topological polar surface area (TPSA) is 9.86 Å². The third kappa shape index (κ3) is 1.92. The number of hydrogen-bond acceptors (Lipinski definition) is 0. The lowest BCUT2D eigenvalue weighted by Gasteiger charge is -2.10. The maximum atomic E-state index is 2.36. The molecule has 0 aliphatic carbocycles. The lowest BCUT2D eigenvalue weighted by molar-refractivity contribution is 0.919. The van der Waals surface area contributed by atoms with Crippen LogP contribution in [0.4, 0.5) is 0 Å². The second kappa shape index (κ2) is 5.17. The average molecular weight is 362 g/mol. The van der Waals surface area contributed by atoms with Crippen LogP contribution in [0.1, 0.15) is 11.4 Å². The normalized spacial score (nSPS) is 12.3. The van der Waals surface area contributed by atoms with Crippen LogP contribution in [-0.2, 0) is 14.1 Å². The van der Waals surface area contributed by atoms with Crippen molar-refractivity contribution < 1.29 is 0 Å². The molecular weight excluding hydrogens is 340 g/mol. The first-order valence-corrected chi connectivity index (χ1v) is 9.82. The van der Waals surface area contributed by atoms with Crippen LogP contribution in [0, 0.1) is 13.8 Å². The molecule has 0 unspecified atom stereocenters. The molecule has 0 atom stereocenters. The summed E-state index contributed by atoms with van der Waals surface area (Å²) in [7, 11) is 4.29. The van der Waals surface area contributed by atoms with E-state index in [2.05, 4.69) is 97.7 Å². The fourth-order valence-electron chi connectivity index (χ4n) is 4.82. The molecule has 4 aromatic carbocycles. The van der Waals surface area contributed by atoms with E-state index in [1.165, 1.54) is 65.5 Å². The van der Waals surface area contributed by atoms with Crippen LogP contribution >= 0.6 is 0 Å². The summed E-state index contributed by atoms with van der Waals surface area (Å²) in [5.74, 6) is 0. The molecular formula is C26H22N2. The lowest BCUT2D eigenvalue weighted by atomic mass is 9.95. The van der Waals surface area contributed by atoms with Gasteiger partial charge in [-0.15, -0.1) is 0 Å². The van der Waals surface area contributed by atoms with Crippen LogP contribution in [0.25, 0.3) is 54.1 Å². The van der Waals surface area contributed by atoms with Crippen molar-refractivity contribution in [3.63, 3.8) is 0 Å². The molecule has 0 aliphatic heterocycles. The van der Waals surface area contributed by atoms with Crippen LogP contribution in [0.5, 0.6) is 0 Å². The molecule has 0 aliphatic rings. The van der Waals surface area contributed by atoms with Crippen LogP contribution in [0.15, 0.2) is 60.7 Å². The Morgan fingerprint density at radius 3 is 1.32 bits per heavy atom. The number of aromatic nitrogens is 2. The van der Waals surface area contributed by atoms with Crippen molar-refractivity contribution in [3.8, 4) is 0 Å². The summed E-state index contributed by atoms with van der Waals surface area (Å²) in [4.78, 5) is 0. The van der Waals surface area contributed by atoms with Gasteiger partial charge in [0.15, 0.2) is 0 Å². The Balaban J connectivity index is 1.77. The maximum Gasteiger partial charge on any atom is 0.0486 e. The Morgan fingerprint density at radius 1 is 0.464 bits per heavy atom. The van der Waals surface area contributed by atoms with Crippen LogP contribution in [0.2, 0.25) is 0 Å². The summed E-state index contributed by atoms with van der Waals surface area (Å²) in [6.07, 6.45) is 0. The highest BCUT2D eigenvalue weighted by molar-refractivity contribution is 6.20. The van der Waals surface area contributed by atoms with Gasteiger partial charge in [0.05, 0.1) is 0 Å². The molecule has 136 valence electrons. The van der Waals surface area contributed by atoms with Gasteiger partial charge in [-0.25, -0.2) is 0 Å². The predicted octanol–water partition coefficient (Wildman–Crippen LogP) is 6.75. The molecule has 0 saturated carbocycles. The highest BCUT2D eigenvalue weighted by atomic mass is 14.9. The molecule has 0 N–H and O–H groups in total. The fraction of sp³-hybridized carbons (Fsp3) is 0.154. The fourth-order valence-corrected chi connectivity index (χ4v) is 4.82. The van der Waals surface area contributed by atoms with Gasteiger partial charge in [-0.05, 0) is 82.6 Å². The van der Waals surface area contributed by atoms with Crippen molar-refractivity contribution in [2.24, 2.45) is 14.1 Å². The van der Waals surface area contributed by atoms with Crippen molar-refractivity contribution in [1.82, 2.24) is 9.13 Å². The van der Waals surface area contributed by atoms with Crippen molar-refractivity contribution in [2.75, 3.05) is 0 Å². The van der Waals surface area contributed by atoms with Gasteiger partial charge in [-0.1, -0.05) is 24.3 Å². The van der Waals surface area contributed by atoms with E-state index in [-0.39, 0.29) is 0 Å². The van der Waals surface area contributed by atoms with E-state index in [1.54, 1.807) is 0 Å². The van der Waals surface area contributed by atoms with Gasteiger partial charge >= 0.3 is 0 Å². The first-order chi connectivity index (χ1) is 13.5. The predicted molar refractivity (Wildman–Crippen MR) is 121 cm³/mol. The highest BCUT2D eigenvalue weighted by Gasteiger charge is 2.11. The number of benzene rings is 4. The second-order valence-electron chi connectivity index (χ2n) is 8.18. The van der Waals surface area contributed by atoms with Crippen molar-refractivity contribution in [1.29, 1.82) is 0 Å². The number of aryl methyl sites for hydroxylation is 4. The van der Waals surface area contributed by atoms with Crippen molar-refractivity contribution in [3.05, 3.63) is 72.1 Å². The number of nitrogens with zero attached hydrogens (tertiary/aromatic N) is 2. The summed E-state index contributed by atoms with van der Waals surface area (Å²) in [6, 6.07) is 23.1. The smallest absolute Gasteiger partial charge is 0.0486 e. The Morgan fingerprint density at radius 2 is 0.893 bits per heavy atom. The molecule has 2 nitrogen and oxygen atoms in total. The Labute approximate surface area is 163 Å². The maximum absolute atomic E-state index is 2.36. The zero-order valence-corrected chi connectivity index (χ0v) is 16.7. The van der Waals surface area contributed by atoms with Crippen LogP contribution < -0.4 is 0 Å². The van der Waals surface area contributed by atoms with Crippen molar-refractivity contribution >= 4 is 54.1 Å². The van der Waals surface area contributed by atoms with Crippen molar-refractivity contribution in [2.45, 2.75) is 13.8 Å². The Kier molecular flexibility index (Phi) is 2.91. The number of rotatable bonds is 0. The highest BCUT2D eigenvalue weighted by Crippen LogP contribution is 2.36. The molecule has 0 amide bonds. The van der Waals surface area contributed by atoms with E-state index in [9.17, 15) is 0 Å².